The van der Waals surface area contributed by atoms with Gasteiger partial charge in [-0.2, -0.15) is 0 Å². The number of amides is 2. The van der Waals surface area contributed by atoms with Gasteiger partial charge < -0.3 is 25.0 Å². The third-order valence-electron chi connectivity index (χ3n) is 7.76. The lowest BCUT2D eigenvalue weighted by molar-refractivity contribution is -0.113. The molecule has 198 valence electrons. The topological polar surface area (TPSA) is 92.8 Å². The van der Waals surface area contributed by atoms with Gasteiger partial charge in [0.1, 0.15) is 11.5 Å². The Morgan fingerprint density at radius 1 is 1.21 bits per heavy atom. The predicted molar refractivity (Wildman–Crippen MR) is 148 cm³/mol. The first-order chi connectivity index (χ1) is 18.6. The first-order valence-electron chi connectivity index (χ1n) is 13.2. The minimum absolute atomic E-state index is 0.0265. The van der Waals surface area contributed by atoms with Crippen LogP contribution < -0.4 is 20.1 Å². The van der Waals surface area contributed by atoms with E-state index in [1.165, 1.54) is 17.3 Å². The number of nitrogens with zero attached hydrogens (tertiary/aromatic N) is 2. The Labute approximate surface area is 226 Å². The predicted octanol–water partition coefficient (Wildman–Crippen LogP) is 3.98. The molecular weight excluding hydrogens is 500 g/mol. The minimum atomic E-state index is -0.0866. The quantitative estimate of drug-likeness (QED) is 0.496. The highest BCUT2D eigenvalue weighted by molar-refractivity contribution is 8.00. The number of carbonyl (C=O) groups excluding carboxylic acids is 2. The van der Waals surface area contributed by atoms with Crippen LogP contribution in [-0.4, -0.2) is 67.3 Å². The molecule has 6 rings (SSSR count). The number of methoxy groups -OCH3 is 1. The molecule has 9 heteroatoms. The third kappa shape index (κ3) is 5.31. The maximum absolute atomic E-state index is 12.7. The van der Waals surface area contributed by atoms with Crippen LogP contribution in [0.1, 0.15) is 28.8 Å². The number of nitrogens with one attached hydrogen (secondary N) is 2. The molecule has 0 bridgehead atoms. The van der Waals surface area contributed by atoms with E-state index in [-0.39, 0.29) is 11.8 Å². The number of thioether (sulfide) groups is 1. The summed E-state index contributed by atoms with van der Waals surface area (Å²) in [7, 11) is 1.69. The molecule has 0 radical (unpaired) electrons. The van der Waals surface area contributed by atoms with Crippen LogP contribution in [0.25, 0.3) is 10.9 Å². The molecule has 3 aliphatic rings. The number of piperidine rings is 1. The summed E-state index contributed by atoms with van der Waals surface area (Å²) in [4.78, 5) is 32.5. The van der Waals surface area contributed by atoms with Gasteiger partial charge in [0.15, 0.2) is 0 Å². The zero-order chi connectivity index (χ0) is 26.1. The van der Waals surface area contributed by atoms with Crippen LogP contribution in [0, 0.1) is 11.8 Å². The number of rotatable bonds is 6. The number of pyridine rings is 1. The summed E-state index contributed by atoms with van der Waals surface area (Å²) >= 11 is 1.50. The number of hydrogen-bond donors (Lipinski definition) is 2. The Bertz CT molecular complexity index is 1370. The summed E-state index contributed by atoms with van der Waals surface area (Å²) in [5, 5.41) is 7.07. The lowest BCUT2D eigenvalue weighted by atomic mass is 9.92. The second-order valence-electron chi connectivity index (χ2n) is 10.4. The Kier molecular flexibility index (Phi) is 7.12. The maximum atomic E-state index is 12.7. The average molecular weight is 533 g/mol. The third-order valence-corrected chi connectivity index (χ3v) is 8.84. The number of likely N-dealkylation sites (tertiary alicyclic amines) is 1. The molecule has 2 aromatic carbocycles. The van der Waals surface area contributed by atoms with E-state index < -0.39 is 0 Å². The van der Waals surface area contributed by atoms with E-state index in [1.807, 2.05) is 30.5 Å². The van der Waals surface area contributed by atoms with Crippen molar-refractivity contribution in [3.8, 4) is 11.5 Å². The van der Waals surface area contributed by atoms with Crippen LogP contribution in [0.4, 0.5) is 5.69 Å². The second-order valence-corrected chi connectivity index (χ2v) is 11.4. The van der Waals surface area contributed by atoms with Crippen LogP contribution in [0.15, 0.2) is 47.5 Å². The van der Waals surface area contributed by atoms with Gasteiger partial charge in [0, 0.05) is 40.4 Å². The van der Waals surface area contributed by atoms with E-state index in [0.29, 0.717) is 36.3 Å². The summed E-state index contributed by atoms with van der Waals surface area (Å²) in [6.07, 6.45) is 4.94. The Balaban J connectivity index is 0.998. The van der Waals surface area contributed by atoms with Crippen LogP contribution in [0.2, 0.25) is 0 Å². The average Bonchev–Trinajstić information content (AvgIpc) is 2.95. The zero-order valence-corrected chi connectivity index (χ0v) is 22.3. The van der Waals surface area contributed by atoms with E-state index in [2.05, 4.69) is 26.6 Å². The molecule has 0 aliphatic carbocycles. The summed E-state index contributed by atoms with van der Waals surface area (Å²) in [6, 6.07) is 11.5. The standard InChI is InChI=1S/C29H32N4O4S/c1-36-21-3-4-24-22(12-21)23-10-19(16-37-26(23)14-30-24)15-33-8-6-18(7-9-33)13-31-29(35)20-2-5-27-25(11-20)32-28(34)17-38-27/h2-5,11-12,14,18-19H,6-10,13,15-17H2,1H3,(H,31,35)(H,32,34). The highest BCUT2D eigenvalue weighted by Crippen LogP contribution is 2.35. The van der Waals surface area contributed by atoms with E-state index in [0.717, 1.165) is 71.9 Å². The van der Waals surface area contributed by atoms with E-state index in [4.69, 9.17) is 9.47 Å². The van der Waals surface area contributed by atoms with Gasteiger partial charge in [0.05, 0.1) is 36.9 Å². The number of ether oxygens (including phenoxy) is 2. The molecule has 1 unspecified atom stereocenters. The first kappa shape index (κ1) is 25.0. The summed E-state index contributed by atoms with van der Waals surface area (Å²) in [5.74, 6) is 2.92. The molecule has 1 saturated heterocycles. The fraction of sp³-hybridized carbons (Fsp3) is 0.414. The minimum Gasteiger partial charge on any atom is -0.497 e. The van der Waals surface area contributed by atoms with E-state index in [1.54, 1.807) is 13.2 Å². The Morgan fingerprint density at radius 3 is 2.92 bits per heavy atom. The van der Waals surface area contributed by atoms with Crippen molar-refractivity contribution in [1.82, 2.24) is 15.2 Å². The number of fused-ring (bicyclic) bond motifs is 4. The van der Waals surface area contributed by atoms with Crippen LogP contribution in [-0.2, 0) is 11.2 Å². The second kappa shape index (κ2) is 10.8. The van der Waals surface area contributed by atoms with Gasteiger partial charge in [-0.15, -0.1) is 11.8 Å². The summed E-state index contributed by atoms with van der Waals surface area (Å²) < 4.78 is 11.6. The van der Waals surface area contributed by atoms with Crippen molar-refractivity contribution in [2.24, 2.45) is 11.8 Å². The van der Waals surface area contributed by atoms with Crippen molar-refractivity contribution >= 4 is 40.2 Å². The lowest BCUT2D eigenvalue weighted by Gasteiger charge is -2.35. The first-order valence-corrected chi connectivity index (χ1v) is 14.2. The Morgan fingerprint density at radius 2 is 2.08 bits per heavy atom. The summed E-state index contributed by atoms with van der Waals surface area (Å²) in [5.41, 5.74) is 3.51. The molecule has 38 heavy (non-hydrogen) atoms. The fourth-order valence-corrected chi connectivity index (χ4v) is 6.43. The molecule has 4 heterocycles. The molecule has 2 N–H and O–H groups in total. The normalized spacial score (nSPS) is 19.7. The monoisotopic (exact) mass is 532 g/mol. The van der Waals surface area contributed by atoms with E-state index in [9.17, 15) is 9.59 Å². The molecule has 1 aromatic heterocycles. The molecule has 3 aromatic rings. The smallest absolute Gasteiger partial charge is 0.251 e. The number of hydrogen-bond acceptors (Lipinski definition) is 7. The number of anilines is 1. The van der Waals surface area contributed by atoms with Crippen LogP contribution >= 0.6 is 11.8 Å². The van der Waals surface area contributed by atoms with Crippen molar-refractivity contribution in [1.29, 1.82) is 0 Å². The molecule has 0 spiro atoms. The maximum Gasteiger partial charge on any atom is 0.251 e. The molecule has 1 fully saturated rings. The largest absolute Gasteiger partial charge is 0.497 e. The van der Waals surface area contributed by atoms with Gasteiger partial charge in [-0.25, -0.2) is 0 Å². The highest BCUT2D eigenvalue weighted by Gasteiger charge is 2.27. The lowest BCUT2D eigenvalue weighted by Crippen LogP contribution is -2.42. The van der Waals surface area contributed by atoms with Crippen molar-refractivity contribution in [3.63, 3.8) is 0 Å². The summed E-state index contributed by atoms with van der Waals surface area (Å²) in [6.45, 7) is 4.43. The number of benzene rings is 2. The van der Waals surface area contributed by atoms with E-state index >= 15 is 0 Å². The highest BCUT2D eigenvalue weighted by atomic mass is 32.2. The number of carbonyl (C=O) groups is 2. The number of aromatic nitrogens is 1. The SMILES string of the molecule is COc1ccc2ncc3c(c2c1)CC(CN1CCC(CNC(=O)c2ccc4c(c2)NC(=O)CS4)CC1)CO3. The fourth-order valence-electron chi connectivity index (χ4n) is 5.64. The van der Waals surface area contributed by atoms with Crippen LogP contribution in [0.3, 0.4) is 0 Å². The van der Waals surface area contributed by atoms with Crippen molar-refractivity contribution in [3.05, 3.63) is 53.7 Å². The van der Waals surface area contributed by atoms with Gasteiger partial charge in [0.25, 0.3) is 5.91 Å². The molecular formula is C29H32N4O4S. The molecule has 3 aliphatic heterocycles. The van der Waals surface area contributed by atoms with Gasteiger partial charge in [-0.3, -0.25) is 14.6 Å². The van der Waals surface area contributed by atoms with Crippen molar-refractivity contribution in [2.45, 2.75) is 24.2 Å². The van der Waals surface area contributed by atoms with Crippen molar-refractivity contribution in [2.75, 3.05) is 51.0 Å². The van der Waals surface area contributed by atoms with Gasteiger partial charge >= 0.3 is 0 Å². The molecule has 2 amide bonds. The van der Waals surface area contributed by atoms with Gasteiger partial charge in [-0.05, 0) is 74.7 Å². The van der Waals surface area contributed by atoms with Crippen LogP contribution in [0.5, 0.6) is 11.5 Å². The van der Waals surface area contributed by atoms with Gasteiger partial charge in [0.2, 0.25) is 5.91 Å². The molecule has 1 atom stereocenters. The molecule has 0 saturated carbocycles. The Hall–Kier alpha value is -3.30. The molecule has 8 nitrogen and oxygen atoms in total. The van der Waals surface area contributed by atoms with Gasteiger partial charge in [-0.1, -0.05) is 0 Å². The van der Waals surface area contributed by atoms with Crippen molar-refractivity contribution < 1.29 is 19.1 Å². The zero-order valence-electron chi connectivity index (χ0n) is 21.5.